The summed E-state index contributed by atoms with van der Waals surface area (Å²) < 4.78 is 12.5. The quantitative estimate of drug-likeness (QED) is 0.770. The first-order valence-corrected chi connectivity index (χ1v) is 5.05. The molecule has 0 fully saturated rings. The molecular formula is C10H14FN3O2. The molecule has 0 aliphatic carbocycles. The van der Waals surface area contributed by atoms with Gasteiger partial charge >= 0.3 is 5.97 Å². The summed E-state index contributed by atoms with van der Waals surface area (Å²) in [5, 5.41) is 11.5. The number of nitrogens with zero attached hydrogens (tertiary/aromatic N) is 2. The van der Waals surface area contributed by atoms with Crippen molar-refractivity contribution >= 4 is 11.9 Å². The molecule has 16 heavy (non-hydrogen) atoms. The third-order valence-electron chi connectivity index (χ3n) is 2.21. The number of carboxylic acid groups (broad SMARTS) is 1. The Labute approximate surface area is 92.7 Å². The molecule has 1 atom stereocenters. The van der Waals surface area contributed by atoms with E-state index in [-0.39, 0.29) is 12.3 Å². The molecule has 0 radical (unpaired) electrons. The van der Waals surface area contributed by atoms with Gasteiger partial charge in [0.25, 0.3) is 0 Å². The molecule has 1 aromatic heterocycles. The molecule has 1 aromatic rings. The van der Waals surface area contributed by atoms with E-state index in [9.17, 15) is 9.18 Å². The molecule has 0 aliphatic rings. The Morgan fingerprint density at radius 3 is 2.69 bits per heavy atom. The Balaban J connectivity index is 2.43. The van der Waals surface area contributed by atoms with Crippen LogP contribution in [0.1, 0.15) is 19.8 Å². The lowest BCUT2D eigenvalue weighted by molar-refractivity contribution is -0.138. The number of nitrogens with one attached hydrogen (secondary N) is 1. The summed E-state index contributed by atoms with van der Waals surface area (Å²) in [7, 11) is 0. The van der Waals surface area contributed by atoms with Gasteiger partial charge in [-0.15, -0.1) is 0 Å². The van der Waals surface area contributed by atoms with Gasteiger partial charge in [-0.05, 0) is 5.92 Å². The van der Waals surface area contributed by atoms with Gasteiger partial charge in [0, 0.05) is 13.0 Å². The summed E-state index contributed by atoms with van der Waals surface area (Å²) in [6.07, 6.45) is 2.98. The second kappa shape index (κ2) is 5.99. The van der Waals surface area contributed by atoms with Crippen LogP contribution < -0.4 is 5.32 Å². The first kappa shape index (κ1) is 12.4. The van der Waals surface area contributed by atoms with Gasteiger partial charge in [-0.1, -0.05) is 13.3 Å². The minimum Gasteiger partial charge on any atom is -0.481 e. The topological polar surface area (TPSA) is 75.1 Å². The monoisotopic (exact) mass is 227 g/mol. The van der Waals surface area contributed by atoms with E-state index in [1.54, 1.807) is 0 Å². The molecule has 0 bridgehead atoms. The third-order valence-corrected chi connectivity index (χ3v) is 2.21. The summed E-state index contributed by atoms with van der Waals surface area (Å²) >= 11 is 0. The highest BCUT2D eigenvalue weighted by atomic mass is 19.1. The minimum atomic E-state index is -0.825. The van der Waals surface area contributed by atoms with Crippen molar-refractivity contribution in [2.24, 2.45) is 5.92 Å². The zero-order valence-corrected chi connectivity index (χ0v) is 8.98. The van der Waals surface area contributed by atoms with Gasteiger partial charge < -0.3 is 10.4 Å². The molecule has 5 nitrogen and oxygen atoms in total. The average molecular weight is 227 g/mol. The van der Waals surface area contributed by atoms with E-state index >= 15 is 0 Å². The molecule has 0 saturated heterocycles. The van der Waals surface area contributed by atoms with Gasteiger partial charge in [-0.25, -0.2) is 14.4 Å². The second-order valence-corrected chi connectivity index (χ2v) is 3.48. The van der Waals surface area contributed by atoms with Gasteiger partial charge in [-0.2, -0.15) is 0 Å². The van der Waals surface area contributed by atoms with E-state index in [0.29, 0.717) is 12.5 Å². The maximum atomic E-state index is 12.5. The van der Waals surface area contributed by atoms with Gasteiger partial charge in [0.2, 0.25) is 5.95 Å². The van der Waals surface area contributed by atoms with E-state index in [4.69, 9.17) is 5.11 Å². The lowest BCUT2D eigenvalue weighted by Crippen LogP contribution is -2.18. The molecule has 88 valence electrons. The summed E-state index contributed by atoms with van der Waals surface area (Å²) in [6, 6.07) is 0. The molecule has 1 rings (SSSR count). The van der Waals surface area contributed by atoms with Crippen LogP contribution in [-0.4, -0.2) is 27.6 Å². The first-order valence-electron chi connectivity index (χ1n) is 5.05. The van der Waals surface area contributed by atoms with E-state index in [0.717, 1.165) is 18.8 Å². The van der Waals surface area contributed by atoms with Gasteiger partial charge in [0.05, 0.1) is 12.4 Å². The van der Waals surface area contributed by atoms with Crippen LogP contribution in [0.3, 0.4) is 0 Å². The predicted octanol–water partition coefficient (Wildman–Crippen LogP) is 1.53. The molecule has 1 unspecified atom stereocenters. The van der Waals surface area contributed by atoms with Gasteiger partial charge in [0.1, 0.15) is 0 Å². The number of aromatic nitrogens is 2. The van der Waals surface area contributed by atoms with Crippen molar-refractivity contribution in [2.45, 2.75) is 19.8 Å². The SMILES string of the molecule is CCC(CNc1ncc(F)cn1)CC(=O)O. The lowest BCUT2D eigenvalue weighted by atomic mass is 10.0. The Morgan fingerprint density at radius 2 is 2.19 bits per heavy atom. The number of rotatable bonds is 6. The zero-order chi connectivity index (χ0) is 12.0. The molecule has 1 heterocycles. The average Bonchev–Trinajstić information content (AvgIpc) is 2.26. The maximum absolute atomic E-state index is 12.5. The van der Waals surface area contributed by atoms with Crippen molar-refractivity contribution in [2.75, 3.05) is 11.9 Å². The van der Waals surface area contributed by atoms with Crippen LogP contribution in [0.2, 0.25) is 0 Å². The molecule has 6 heteroatoms. The van der Waals surface area contributed by atoms with E-state index in [1.807, 2.05) is 6.92 Å². The molecule has 0 aliphatic heterocycles. The third kappa shape index (κ3) is 4.20. The minimum absolute atomic E-state index is 0.0196. The second-order valence-electron chi connectivity index (χ2n) is 3.48. The Kier molecular flexibility index (Phi) is 4.63. The van der Waals surface area contributed by atoms with Crippen molar-refractivity contribution in [1.29, 1.82) is 0 Å². The van der Waals surface area contributed by atoms with Crippen molar-refractivity contribution in [3.8, 4) is 0 Å². The number of carboxylic acids is 1. The Morgan fingerprint density at radius 1 is 1.56 bits per heavy atom. The fraction of sp³-hybridized carbons (Fsp3) is 0.500. The molecule has 0 spiro atoms. The standard InChI is InChI=1S/C10H14FN3O2/c1-2-7(3-9(15)16)4-12-10-13-5-8(11)6-14-10/h5-7H,2-4H2,1H3,(H,15,16)(H,12,13,14). The van der Waals surface area contributed by atoms with Crippen LogP contribution in [0.15, 0.2) is 12.4 Å². The molecule has 0 saturated carbocycles. The van der Waals surface area contributed by atoms with E-state index < -0.39 is 11.8 Å². The van der Waals surface area contributed by atoms with Crippen molar-refractivity contribution in [1.82, 2.24) is 9.97 Å². The van der Waals surface area contributed by atoms with Crippen molar-refractivity contribution < 1.29 is 14.3 Å². The summed E-state index contributed by atoms with van der Waals surface area (Å²) in [5.74, 6) is -0.992. The number of carbonyl (C=O) groups is 1. The van der Waals surface area contributed by atoms with Crippen LogP contribution in [0.4, 0.5) is 10.3 Å². The van der Waals surface area contributed by atoms with E-state index in [2.05, 4.69) is 15.3 Å². The van der Waals surface area contributed by atoms with Crippen LogP contribution in [-0.2, 0) is 4.79 Å². The predicted molar refractivity (Wildman–Crippen MR) is 56.5 cm³/mol. The normalized spacial score (nSPS) is 12.1. The number of anilines is 1. The number of aliphatic carboxylic acids is 1. The zero-order valence-electron chi connectivity index (χ0n) is 8.98. The fourth-order valence-electron chi connectivity index (χ4n) is 1.25. The van der Waals surface area contributed by atoms with Crippen LogP contribution in [0.25, 0.3) is 0 Å². The van der Waals surface area contributed by atoms with Crippen LogP contribution >= 0.6 is 0 Å². The maximum Gasteiger partial charge on any atom is 0.303 e. The molecule has 0 aromatic carbocycles. The largest absolute Gasteiger partial charge is 0.481 e. The summed E-state index contributed by atoms with van der Waals surface area (Å²) in [4.78, 5) is 18.0. The number of halogens is 1. The van der Waals surface area contributed by atoms with Crippen molar-refractivity contribution in [3.63, 3.8) is 0 Å². The van der Waals surface area contributed by atoms with Crippen LogP contribution in [0, 0.1) is 11.7 Å². The smallest absolute Gasteiger partial charge is 0.303 e. The van der Waals surface area contributed by atoms with Gasteiger partial charge in [0.15, 0.2) is 5.82 Å². The Bertz CT molecular complexity index is 342. The fourth-order valence-corrected chi connectivity index (χ4v) is 1.25. The Hall–Kier alpha value is -1.72. The highest BCUT2D eigenvalue weighted by Crippen LogP contribution is 2.09. The first-order chi connectivity index (χ1) is 7.61. The number of hydrogen-bond donors (Lipinski definition) is 2. The highest BCUT2D eigenvalue weighted by Gasteiger charge is 2.11. The van der Waals surface area contributed by atoms with E-state index in [1.165, 1.54) is 0 Å². The van der Waals surface area contributed by atoms with Gasteiger partial charge in [-0.3, -0.25) is 4.79 Å². The molecular weight excluding hydrogens is 213 g/mol. The van der Waals surface area contributed by atoms with Crippen LogP contribution in [0.5, 0.6) is 0 Å². The number of hydrogen-bond acceptors (Lipinski definition) is 4. The summed E-state index contributed by atoms with van der Waals surface area (Å²) in [6.45, 7) is 2.38. The molecule has 0 amide bonds. The van der Waals surface area contributed by atoms with Crippen molar-refractivity contribution in [3.05, 3.63) is 18.2 Å². The molecule has 2 N–H and O–H groups in total. The highest BCUT2D eigenvalue weighted by molar-refractivity contribution is 5.67. The lowest BCUT2D eigenvalue weighted by Gasteiger charge is -2.12. The summed E-state index contributed by atoms with van der Waals surface area (Å²) in [5.41, 5.74) is 0.